The van der Waals surface area contributed by atoms with E-state index in [1.165, 1.54) is 0 Å². The molecular weight excluding hydrogens is 867 g/mol. The molecule has 3 amide bonds. The van der Waals surface area contributed by atoms with Crippen molar-refractivity contribution in [3.8, 4) is 0 Å². The SMILES string of the molecule is C[C@@H]1CC[C@H]2[C@@H](C)C(CC(=O)N(C(=O)CC3O[C@@H]4O[C@]5(C)CC[C@H]6[C@H](C)CC[C@@H]([C@H]3C)[C@@]46OO5)C(=O)CC3O[C@@H]4O[C@]5(C)CC[C@H]6[C@H](C)CC[C@@H]([C@H]3C)[C@@]46OO5)O[C@@H]3O[C@]4(C)CC[C@@H]1[C@]32OO4. The quantitative estimate of drug-likeness (QED) is 0.237. The summed E-state index contributed by atoms with van der Waals surface area (Å²) in [7, 11) is 0. The molecule has 3 spiro atoms. The Labute approximate surface area is 394 Å². The molecule has 0 radical (unpaired) electrons. The van der Waals surface area contributed by atoms with Crippen molar-refractivity contribution >= 4 is 17.7 Å². The minimum absolute atomic E-state index is 0.0321. The fourth-order valence-electron chi connectivity index (χ4n) is 16.8. The van der Waals surface area contributed by atoms with Crippen LogP contribution in [0.15, 0.2) is 0 Å². The molecule has 3 aliphatic carbocycles. The minimum atomic E-state index is -0.994. The maximum absolute atomic E-state index is 15.2. The van der Waals surface area contributed by atoms with Gasteiger partial charge in [-0.1, -0.05) is 41.5 Å². The molecule has 16 nitrogen and oxygen atoms in total. The van der Waals surface area contributed by atoms with Gasteiger partial charge in [0.25, 0.3) is 0 Å². The van der Waals surface area contributed by atoms with E-state index in [2.05, 4.69) is 41.5 Å². The van der Waals surface area contributed by atoms with Crippen molar-refractivity contribution < 1.29 is 72.1 Å². The first-order chi connectivity index (χ1) is 31.8. The number of carbonyl (C=O) groups is 3. The average Bonchev–Trinajstić information content (AvgIpc) is 3.76. The molecule has 12 aliphatic heterocycles. The van der Waals surface area contributed by atoms with Gasteiger partial charge < -0.3 is 28.4 Å². The molecule has 0 N–H and O–H groups in total. The topological polar surface area (TPSA) is 165 Å². The largest absolute Gasteiger partial charge is 0.345 e. The van der Waals surface area contributed by atoms with Gasteiger partial charge in [-0.15, -0.1) is 0 Å². The van der Waals surface area contributed by atoms with Gasteiger partial charge in [-0.2, -0.15) is 0 Å². The molecule has 16 heteroatoms. The lowest BCUT2D eigenvalue weighted by Crippen LogP contribution is -2.71. The van der Waals surface area contributed by atoms with Crippen molar-refractivity contribution in [1.82, 2.24) is 4.90 Å². The number of imide groups is 3. The molecule has 374 valence electrons. The van der Waals surface area contributed by atoms with Crippen LogP contribution >= 0.6 is 0 Å². The molecule has 67 heavy (non-hydrogen) atoms. The summed E-state index contributed by atoms with van der Waals surface area (Å²) in [6, 6.07) is 0. The van der Waals surface area contributed by atoms with Gasteiger partial charge in [0.2, 0.25) is 35.1 Å². The van der Waals surface area contributed by atoms with Crippen molar-refractivity contribution in [3.63, 3.8) is 0 Å². The van der Waals surface area contributed by atoms with E-state index in [4.69, 9.17) is 57.7 Å². The Bertz CT molecular complexity index is 1790. The summed E-state index contributed by atoms with van der Waals surface area (Å²) in [6.45, 7) is 18.7. The lowest BCUT2D eigenvalue weighted by Gasteiger charge is -2.60. The van der Waals surface area contributed by atoms with Crippen molar-refractivity contribution in [3.05, 3.63) is 0 Å². The van der Waals surface area contributed by atoms with E-state index < -0.39 is 89.1 Å². The highest BCUT2D eigenvalue weighted by atomic mass is 17.3. The van der Waals surface area contributed by atoms with Gasteiger partial charge in [-0.25, -0.2) is 34.2 Å². The van der Waals surface area contributed by atoms with Crippen LogP contribution in [0.3, 0.4) is 0 Å². The van der Waals surface area contributed by atoms with Gasteiger partial charge in [0.15, 0.2) is 35.7 Å². The van der Waals surface area contributed by atoms with Gasteiger partial charge in [-0.3, -0.25) is 14.4 Å². The molecule has 0 aromatic carbocycles. The number of rotatable bonds is 6. The molecule has 0 aromatic heterocycles. The van der Waals surface area contributed by atoms with Gasteiger partial charge in [0.05, 0.1) is 37.6 Å². The van der Waals surface area contributed by atoms with Crippen molar-refractivity contribution in [2.75, 3.05) is 0 Å². The zero-order chi connectivity index (χ0) is 46.8. The van der Waals surface area contributed by atoms with Crippen LogP contribution in [0.1, 0.15) is 159 Å². The first-order valence-electron chi connectivity index (χ1n) is 26.3. The first-order valence-corrected chi connectivity index (χ1v) is 26.3. The molecule has 24 atom stereocenters. The maximum Gasteiger partial charge on any atom is 0.238 e. The van der Waals surface area contributed by atoms with Crippen molar-refractivity contribution in [2.24, 2.45) is 71.0 Å². The molecule has 15 aliphatic rings. The van der Waals surface area contributed by atoms with E-state index in [9.17, 15) is 0 Å². The Hall–Kier alpha value is -1.67. The highest BCUT2D eigenvalue weighted by Crippen LogP contribution is 2.64. The van der Waals surface area contributed by atoms with Gasteiger partial charge >= 0.3 is 0 Å². The number of amides is 3. The zero-order valence-electron chi connectivity index (χ0n) is 41.1. The highest BCUT2D eigenvalue weighted by Gasteiger charge is 2.73. The first kappa shape index (κ1) is 46.4. The smallest absolute Gasteiger partial charge is 0.238 e. The number of hydrogen-bond acceptors (Lipinski definition) is 15. The summed E-state index contributed by atoms with van der Waals surface area (Å²) in [5, 5.41) is 0. The maximum atomic E-state index is 15.2. The molecule has 0 aromatic rings. The zero-order valence-corrected chi connectivity index (χ0v) is 41.1. The number of hydrogen-bond donors (Lipinski definition) is 0. The van der Waals surface area contributed by atoms with E-state index in [1.54, 1.807) is 0 Å². The molecule has 3 saturated carbocycles. The standard InChI is InChI=1S/C51H75NO15/c1-25-10-13-34-28(4)37(56-43-49(34)31(25)16-19-46(7,59-43)62-65-49)22-40(53)52(41(54)23-38-29(5)35-14-11-26(2)32-17-20-47(8)60-44(57-38)50(32,35)66-63-47)42(55)24-39-30(6)36-15-12-27(3)33-18-21-48(9)61-45(58-39)51(33,36)67-64-48/h25-39,43-45H,10-24H2,1-9H3/t25-,26-,27-,28-,29-,30-,31+,32+,33+,34+,35+,36+,37?,38?,39?,43-,44-,45-,46+,47+,48+,49-,50-,51-/m1/s1. The van der Waals surface area contributed by atoms with Crippen molar-refractivity contribution in [2.45, 2.75) is 230 Å². The Kier molecular flexibility index (Phi) is 11.0. The number of carbonyl (C=O) groups excluding carboxylic acids is 3. The van der Waals surface area contributed by atoms with Crippen LogP contribution in [-0.2, 0) is 72.1 Å². The lowest BCUT2D eigenvalue weighted by atomic mass is 9.57. The fourth-order valence-corrected chi connectivity index (χ4v) is 16.8. The molecule has 12 heterocycles. The summed E-state index contributed by atoms with van der Waals surface area (Å²) >= 11 is 0. The summed E-state index contributed by atoms with van der Waals surface area (Å²) in [4.78, 5) is 83.9. The van der Waals surface area contributed by atoms with Gasteiger partial charge in [0.1, 0.15) is 0 Å². The Balaban J connectivity index is 0.842. The lowest BCUT2D eigenvalue weighted by molar-refractivity contribution is -0.571. The van der Waals surface area contributed by atoms with Crippen LogP contribution in [0, 0.1) is 71.0 Å². The second kappa shape index (κ2) is 15.9. The predicted octanol–water partition coefficient (Wildman–Crippen LogP) is 7.79. The fraction of sp³-hybridized carbons (Fsp3) is 0.941. The second-order valence-electron chi connectivity index (χ2n) is 24.5. The third-order valence-corrected chi connectivity index (χ3v) is 20.8. The average molecular weight is 942 g/mol. The van der Waals surface area contributed by atoms with E-state index in [-0.39, 0.29) is 72.5 Å². The van der Waals surface area contributed by atoms with E-state index in [0.717, 1.165) is 62.7 Å². The minimum Gasteiger partial charge on any atom is -0.345 e. The van der Waals surface area contributed by atoms with E-state index in [1.807, 2.05) is 20.8 Å². The number of fused-ring (bicyclic) bond motifs is 6. The molecule has 15 fully saturated rings. The van der Waals surface area contributed by atoms with Crippen molar-refractivity contribution in [1.29, 1.82) is 0 Å². The van der Waals surface area contributed by atoms with Gasteiger partial charge in [0, 0.05) is 37.0 Å². The molecule has 15 rings (SSSR count). The van der Waals surface area contributed by atoms with Crippen LogP contribution in [0.25, 0.3) is 0 Å². The van der Waals surface area contributed by atoms with Crippen LogP contribution < -0.4 is 0 Å². The molecular formula is C51H75NO15. The predicted molar refractivity (Wildman–Crippen MR) is 231 cm³/mol. The monoisotopic (exact) mass is 942 g/mol. The molecule has 6 bridgehead atoms. The molecule has 12 saturated heterocycles. The third-order valence-electron chi connectivity index (χ3n) is 20.8. The van der Waals surface area contributed by atoms with Crippen LogP contribution in [0.4, 0.5) is 0 Å². The Morgan fingerprint density at radius 3 is 0.970 bits per heavy atom. The summed E-state index contributed by atoms with van der Waals surface area (Å²) in [5.74, 6) is -3.89. The Morgan fingerprint density at radius 2 is 0.687 bits per heavy atom. The second-order valence-corrected chi connectivity index (χ2v) is 24.5. The van der Waals surface area contributed by atoms with E-state index >= 15 is 14.4 Å². The summed E-state index contributed by atoms with van der Waals surface area (Å²) in [5.41, 5.74) is -2.46. The van der Waals surface area contributed by atoms with Crippen LogP contribution in [0.5, 0.6) is 0 Å². The summed E-state index contributed by atoms with van der Waals surface area (Å²) in [6.07, 6.45) is 5.26. The Morgan fingerprint density at radius 1 is 0.403 bits per heavy atom. The van der Waals surface area contributed by atoms with Crippen LogP contribution in [0.2, 0.25) is 0 Å². The molecule has 3 unspecified atom stereocenters. The summed E-state index contributed by atoms with van der Waals surface area (Å²) < 4.78 is 40.5. The highest BCUT2D eigenvalue weighted by molar-refractivity contribution is 6.11. The van der Waals surface area contributed by atoms with E-state index in [0.29, 0.717) is 37.0 Å². The third kappa shape index (κ3) is 6.69. The van der Waals surface area contributed by atoms with Crippen LogP contribution in [-0.4, -0.2) is 94.0 Å². The normalized spacial score (nSPS) is 56.9. The van der Waals surface area contributed by atoms with Gasteiger partial charge in [-0.05, 0) is 132 Å². The number of nitrogens with zero attached hydrogens (tertiary/aromatic N) is 1. The number of ether oxygens (including phenoxy) is 6.